The summed E-state index contributed by atoms with van der Waals surface area (Å²) in [6.45, 7) is 12.4. The lowest BCUT2D eigenvalue weighted by molar-refractivity contribution is 0.108. The van der Waals surface area contributed by atoms with Gasteiger partial charge in [-0.25, -0.2) is 4.52 Å². The second-order valence-corrected chi connectivity index (χ2v) is 14.8. The smallest absolute Gasteiger partial charge is 0.216 e. The molecule has 0 N–H and O–H groups in total. The van der Waals surface area contributed by atoms with Crippen molar-refractivity contribution in [3.63, 3.8) is 0 Å². The Morgan fingerprint density at radius 3 is 2.59 bits per heavy atom. The molecule has 1 fully saturated rings. The van der Waals surface area contributed by atoms with Crippen LogP contribution in [0.2, 0.25) is 18.1 Å². The maximum Gasteiger partial charge on any atom is 0.216 e. The number of rotatable bonds is 6. The van der Waals surface area contributed by atoms with Crippen molar-refractivity contribution in [2.45, 2.75) is 77.1 Å². The molecule has 7 heteroatoms. The fourth-order valence-corrected chi connectivity index (χ4v) is 5.15. The maximum absolute atomic E-state index is 6.59. The van der Waals surface area contributed by atoms with E-state index < -0.39 is 8.32 Å². The first-order valence-corrected chi connectivity index (χ1v) is 13.7. The van der Waals surface area contributed by atoms with Crippen LogP contribution in [0.25, 0.3) is 5.65 Å². The fraction of sp³-hybridized carbons (Fsp3) is 0.700. The van der Waals surface area contributed by atoms with Gasteiger partial charge in [-0.3, -0.25) is 0 Å². The Hall–Kier alpha value is -0.923. The quantitative estimate of drug-likeness (QED) is 0.515. The van der Waals surface area contributed by atoms with Gasteiger partial charge in [0.2, 0.25) is 5.88 Å². The lowest BCUT2D eigenvalue weighted by Gasteiger charge is -2.41. The Labute approximate surface area is 172 Å². The Kier molecular flexibility index (Phi) is 6.33. The number of hydrogen-bond acceptors (Lipinski definition) is 4. The van der Waals surface area contributed by atoms with Gasteiger partial charge in [-0.1, -0.05) is 20.8 Å². The van der Waals surface area contributed by atoms with Crippen LogP contribution in [0.3, 0.4) is 0 Å². The lowest BCUT2D eigenvalue weighted by Crippen LogP contribution is -2.44. The molecule has 0 atom stereocenters. The Bertz CT molecular complexity index is 764. The van der Waals surface area contributed by atoms with Gasteiger partial charge < -0.3 is 9.16 Å². The molecule has 5 nitrogen and oxygen atoms in total. The molecule has 0 saturated heterocycles. The van der Waals surface area contributed by atoms with Gasteiger partial charge in [-0.15, -0.1) is 0 Å². The van der Waals surface area contributed by atoms with Gasteiger partial charge in [0.15, 0.2) is 14.0 Å². The number of hydrogen-bond donors (Lipinski definition) is 0. The molecule has 0 spiro atoms. The minimum Gasteiger partial charge on any atom is -0.478 e. The highest BCUT2D eigenvalue weighted by molar-refractivity contribution is 9.10. The van der Waals surface area contributed by atoms with E-state index in [0.717, 1.165) is 22.5 Å². The standard InChI is InChI=1S/C20H32BrN3O2Si/c1-20(2,3)27(4,5)26-16-8-6-15(7-9-16)11-13-25-18-10-12-24-19(23-18)17(21)14-22-24/h10,12,14-16H,6-9,11,13H2,1-5H3. The molecule has 2 aromatic heterocycles. The summed E-state index contributed by atoms with van der Waals surface area (Å²) in [5.41, 5.74) is 0.788. The molecule has 0 unspecified atom stereocenters. The third-order valence-corrected chi connectivity index (χ3v) is 11.2. The molecule has 0 radical (unpaired) electrons. The van der Waals surface area contributed by atoms with E-state index in [1.807, 2.05) is 12.3 Å². The number of ether oxygens (including phenoxy) is 1. The van der Waals surface area contributed by atoms with Crippen molar-refractivity contribution in [2.75, 3.05) is 6.61 Å². The number of aromatic nitrogens is 3. The van der Waals surface area contributed by atoms with E-state index in [2.05, 4.69) is 59.9 Å². The van der Waals surface area contributed by atoms with Crippen LogP contribution in [0.5, 0.6) is 5.88 Å². The van der Waals surface area contributed by atoms with Gasteiger partial charge >= 0.3 is 0 Å². The second kappa shape index (κ2) is 8.21. The average Bonchev–Trinajstić information content (AvgIpc) is 2.96. The van der Waals surface area contributed by atoms with Gasteiger partial charge in [0, 0.05) is 18.4 Å². The zero-order chi connectivity index (χ0) is 19.7. The topological polar surface area (TPSA) is 48.7 Å². The molecule has 2 aromatic rings. The van der Waals surface area contributed by atoms with E-state index in [1.54, 1.807) is 10.7 Å². The van der Waals surface area contributed by atoms with E-state index in [9.17, 15) is 0 Å². The van der Waals surface area contributed by atoms with Crippen LogP contribution in [0.1, 0.15) is 52.9 Å². The van der Waals surface area contributed by atoms with Crippen LogP contribution >= 0.6 is 15.9 Å². The summed E-state index contributed by atoms with van der Waals surface area (Å²) in [7, 11) is -1.65. The van der Waals surface area contributed by atoms with E-state index in [1.165, 1.54) is 25.7 Å². The molecule has 1 aliphatic carbocycles. The first-order valence-electron chi connectivity index (χ1n) is 9.96. The van der Waals surface area contributed by atoms with Crippen molar-refractivity contribution in [3.05, 3.63) is 22.9 Å². The molecule has 1 aliphatic rings. The Morgan fingerprint density at radius 2 is 1.93 bits per heavy atom. The van der Waals surface area contributed by atoms with E-state index in [4.69, 9.17) is 9.16 Å². The summed E-state index contributed by atoms with van der Waals surface area (Å²) in [6.07, 6.45) is 10.0. The third-order valence-electron chi connectivity index (χ3n) is 6.14. The Balaban J connectivity index is 1.42. The second-order valence-electron chi connectivity index (χ2n) is 9.18. The first-order chi connectivity index (χ1) is 12.7. The fourth-order valence-electron chi connectivity index (χ4n) is 3.37. The molecular formula is C20H32BrN3O2Si. The average molecular weight is 454 g/mol. The van der Waals surface area contributed by atoms with Crippen LogP contribution in [-0.2, 0) is 4.43 Å². The molecule has 0 amide bonds. The molecular weight excluding hydrogens is 422 g/mol. The van der Waals surface area contributed by atoms with Crippen molar-refractivity contribution in [1.82, 2.24) is 14.6 Å². The minimum absolute atomic E-state index is 0.288. The van der Waals surface area contributed by atoms with Crippen molar-refractivity contribution >= 4 is 29.9 Å². The van der Waals surface area contributed by atoms with Gasteiger partial charge in [0.05, 0.1) is 17.3 Å². The predicted molar refractivity (Wildman–Crippen MR) is 115 cm³/mol. The molecule has 0 aliphatic heterocycles. The van der Waals surface area contributed by atoms with Gasteiger partial charge in [0.25, 0.3) is 0 Å². The van der Waals surface area contributed by atoms with Crippen LogP contribution in [0.4, 0.5) is 0 Å². The molecule has 3 rings (SSSR count). The van der Waals surface area contributed by atoms with E-state index in [0.29, 0.717) is 18.6 Å². The van der Waals surface area contributed by atoms with Crippen LogP contribution in [0.15, 0.2) is 22.9 Å². The highest BCUT2D eigenvalue weighted by Gasteiger charge is 2.39. The normalized spacial score (nSPS) is 21.6. The summed E-state index contributed by atoms with van der Waals surface area (Å²) in [4.78, 5) is 4.51. The summed E-state index contributed by atoms with van der Waals surface area (Å²) in [5, 5.41) is 4.49. The molecule has 150 valence electrons. The van der Waals surface area contributed by atoms with Crippen molar-refractivity contribution < 1.29 is 9.16 Å². The SMILES string of the molecule is CC(C)(C)[Si](C)(C)OC1CCC(CCOc2ccn3ncc(Br)c3n2)CC1. The summed E-state index contributed by atoms with van der Waals surface area (Å²) in [6, 6.07) is 1.87. The van der Waals surface area contributed by atoms with Crippen LogP contribution < -0.4 is 4.74 Å². The van der Waals surface area contributed by atoms with Gasteiger partial charge in [-0.2, -0.15) is 10.1 Å². The minimum atomic E-state index is -1.65. The van der Waals surface area contributed by atoms with Crippen molar-refractivity contribution in [3.8, 4) is 5.88 Å². The van der Waals surface area contributed by atoms with Crippen molar-refractivity contribution in [2.24, 2.45) is 5.92 Å². The first kappa shape index (κ1) is 20.8. The van der Waals surface area contributed by atoms with Crippen LogP contribution in [-0.4, -0.2) is 35.6 Å². The third kappa shape index (κ3) is 5.12. The molecule has 0 aromatic carbocycles. The number of nitrogens with zero attached hydrogens (tertiary/aromatic N) is 3. The largest absolute Gasteiger partial charge is 0.478 e. The highest BCUT2D eigenvalue weighted by Crippen LogP contribution is 2.40. The maximum atomic E-state index is 6.59. The van der Waals surface area contributed by atoms with E-state index in [-0.39, 0.29) is 5.04 Å². The van der Waals surface area contributed by atoms with Crippen LogP contribution in [0, 0.1) is 5.92 Å². The molecule has 27 heavy (non-hydrogen) atoms. The van der Waals surface area contributed by atoms with Gasteiger partial charge in [-0.05, 0) is 72.1 Å². The number of fused-ring (bicyclic) bond motifs is 1. The van der Waals surface area contributed by atoms with Crippen molar-refractivity contribution in [1.29, 1.82) is 0 Å². The lowest BCUT2D eigenvalue weighted by atomic mass is 9.86. The summed E-state index contributed by atoms with van der Waals surface area (Å²) in [5.74, 6) is 1.40. The number of halogens is 1. The summed E-state index contributed by atoms with van der Waals surface area (Å²) < 4.78 is 15.1. The summed E-state index contributed by atoms with van der Waals surface area (Å²) >= 11 is 3.46. The van der Waals surface area contributed by atoms with E-state index >= 15 is 0 Å². The van der Waals surface area contributed by atoms with Gasteiger partial charge in [0.1, 0.15) is 0 Å². The molecule has 1 saturated carbocycles. The zero-order valence-corrected chi connectivity index (χ0v) is 19.8. The molecule has 2 heterocycles. The highest BCUT2D eigenvalue weighted by atomic mass is 79.9. The monoisotopic (exact) mass is 453 g/mol. The predicted octanol–water partition coefficient (Wildman–Crippen LogP) is 5.84. The Morgan fingerprint density at radius 1 is 1.22 bits per heavy atom. The zero-order valence-electron chi connectivity index (χ0n) is 17.2. The molecule has 0 bridgehead atoms.